The largest absolute Gasteiger partial charge is 0.497 e. The van der Waals surface area contributed by atoms with E-state index in [1.807, 2.05) is 62.4 Å². The smallest absolute Gasteiger partial charge is 0.255 e. The zero-order valence-corrected chi connectivity index (χ0v) is 15.9. The van der Waals surface area contributed by atoms with Crippen LogP contribution in [-0.4, -0.2) is 27.8 Å². The van der Waals surface area contributed by atoms with Crippen molar-refractivity contribution in [2.45, 2.75) is 19.9 Å². The van der Waals surface area contributed by atoms with E-state index in [9.17, 15) is 4.79 Å². The number of hydrogen-bond donors (Lipinski definition) is 2. The Balaban J connectivity index is 1.78. The number of allylic oxidation sites excluding steroid dienone is 1. The Kier molecular flexibility index (Phi) is 4.57. The van der Waals surface area contributed by atoms with Gasteiger partial charge < -0.3 is 15.4 Å². The van der Waals surface area contributed by atoms with Crippen LogP contribution in [0, 0.1) is 6.92 Å². The van der Waals surface area contributed by atoms with Gasteiger partial charge in [0, 0.05) is 11.4 Å². The van der Waals surface area contributed by atoms with Crippen LogP contribution < -0.4 is 15.4 Å². The molecule has 0 saturated heterocycles. The van der Waals surface area contributed by atoms with Crippen molar-refractivity contribution >= 4 is 17.5 Å². The highest BCUT2D eigenvalue weighted by atomic mass is 16.5. The molecule has 4 rings (SSSR count). The Morgan fingerprint density at radius 1 is 1.18 bits per heavy atom. The molecule has 0 bridgehead atoms. The van der Waals surface area contributed by atoms with Gasteiger partial charge >= 0.3 is 0 Å². The first-order chi connectivity index (χ1) is 13.6. The number of nitrogens with zero attached hydrogens (tertiary/aromatic N) is 3. The summed E-state index contributed by atoms with van der Waals surface area (Å²) in [6, 6.07) is 14.9. The summed E-state index contributed by atoms with van der Waals surface area (Å²) >= 11 is 0. The first-order valence-corrected chi connectivity index (χ1v) is 8.96. The number of methoxy groups -OCH3 is 1. The maximum atomic E-state index is 13.3. The average Bonchev–Trinajstić information content (AvgIpc) is 3.16. The van der Waals surface area contributed by atoms with Crippen molar-refractivity contribution in [3.63, 3.8) is 0 Å². The number of nitrogens with one attached hydrogen (secondary N) is 2. The number of anilines is 2. The molecule has 0 radical (unpaired) electrons. The minimum absolute atomic E-state index is 0.187. The first kappa shape index (κ1) is 17.8. The summed E-state index contributed by atoms with van der Waals surface area (Å²) in [6.45, 7) is 3.84. The number of amides is 1. The number of fused-ring (bicyclic) bond motifs is 1. The summed E-state index contributed by atoms with van der Waals surface area (Å²) in [7, 11) is 1.62. The standard InChI is InChI=1S/C21H21N5O2/c1-13-7-4-5-10-17(13)25-20(27)18-14(2)24-21-22-12-23-26(21)19(18)15-8-6-9-16(11-15)28-3/h4-12,19H,1-3H3,(H,25,27)(H,22,23,24). The third kappa shape index (κ3) is 3.11. The molecular formula is C21H21N5O2. The van der Waals surface area contributed by atoms with E-state index in [4.69, 9.17) is 4.74 Å². The fourth-order valence-electron chi connectivity index (χ4n) is 3.41. The van der Waals surface area contributed by atoms with Crippen LogP contribution >= 0.6 is 0 Å². The van der Waals surface area contributed by atoms with Crippen LogP contribution in [0.15, 0.2) is 66.1 Å². The van der Waals surface area contributed by atoms with Crippen molar-refractivity contribution < 1.29 is 9.53 Å². The molecule has 2 heterocycles. The molecule has 1 aromatic heterocycles. The molecular weight excluding hydrogens is 354 g/mol. The summed E-state index contributed by atoms with van der Waals surface area (Å²) < 4.78 is 7.09. The van der Waals surface area contributed by atoms with Crippen LogP contribution in [0.1, 0.15) is 24.1 Å². The molecule has 0 spiro atoms. The van der Waals surface area contributed by atoms with Crippen LogP contribution in [0.2, 0.25) is 0 Å². The van der Waals surface area contributed by atoms with Gasteiger partial charge in [0.25, 0.3) is 5.91 Å². The summed E-state index contributed by atoms with van der Waals surface area (Å²) in [5, 5.41) is 10.6. The molecule has 1 aliphatic heterocycles. The highest BCUT2D eigenvalue weighted by Crippen LogP contribution is 2.36. The van der Waals surface area contributed by atoms with Gasteiger partial charge in [0.15, 0.2) is 0 Å². The van der Waals surface area contributed by atoms with Gasteiger partial charge in [-0.2, -0.15) is 10.1 Å². The lowest BCUT2D eigenvalue weighted by molar-refractivity contribution is -0.113. The predicted molar refractivity (Wildman–Crippen MR) is 107 cm³/mol. The molecule has 7 nitrogen and oxygen atoms in total. The van der Waals surface area contributed by atoms with E-state index in [1.165, 1.54) is 6.33 Å². The molecule has 2 aromatic carbocycles. The fourth-order valence-corrected chi connectivity index (χ4v) is 3.41. The number of aromatic nitrogens is 3. The second-order valence-electron chi connectivity index (χ2n) is 6.64. The third-order valence-corrected chi connectivity index (χ3v) is 4.84. The van der Waals surface area contributed by atoms with Crippen LogP contribution in [0.3, 0.4) is 0 Å². The topological polar surface area (TPSA) is 81.1 Å². The van der Waals surface area contributed by atoms with Crippen molar-refractivity contribution in [1.82, 2.24) is 14.8 Å². The minimum Gasteiger partial charge on any atom is -0.497 e. The van der Waals surface area contributed by atoms with Gasteiger partial charge in [-0.3, -0.25) is 4.79 Å². The van der Waals surface area contributed by atoms with Crippen LogP contribution in [0.5, 0.6) is 5.75 Å². The van der Waals surface area contributed by atoms with Crippen molar-refractivity contribution in [2.75, 3.05) is 17.7 Å². The Hall–Kier alpha value is -3.61. The van der Waals surface area contributed by atoms with Gasteiger partial charge in [-0.15, -0.1) is 0 Å². The minimum atomic E-state index is -0.419. The second-order valence-corrected chi connectivity index (χ2v) is 6.64. The van der Waals surface area contributed by atoms with E-state index in [1.54, 1.807) is 11.8 Å². The second kappa shape index (κ2) is 7.19. The Labute approximate surface area is 163 Å². The lowest BCUT2D eigenvalue weighted by Gasteiger charge is -2.29. The summed E-state index contributed by atoms with van der Waals surface area (Å²) in [4.78, 5) is 17.6. The van der Waals surface area contributed by atoms with E-state index < -0.39 is 6.04 Å². The highest BCUT2D eigenvalue weighted by Gasteiger charge is 2.33. The van der Waals surface area contributed by atoms with E-state index in [0.717, 1.165) is 22.5 Å². The van der Waals surface area contributed by atoms with Gasteiger partial charge in [0.1, 0.15) is 18.1 Å². The molecule has 28 heavy (non-hydrogen) atoms. The quantitative estimate of drug-likeness (QED) is 0.729. The predicted octanol–water partition coefficient (Wildman–Crippen LogP) is 3.52. The number of para-hydroxylation sites is 1. The molecule has 0 saturated carbocycles. The van der Waals surface area contributed by atoms with Crippen LogP contribution in [0.4, 0.5) is 11.6 Å². The zero-order valence-electron chi connectivity index (χ0n) is 15.9. The van der Waals surface area contributed by atoms with Crippen molar-refractivity contribution in [3.05, 3.63) is 77.3 Å². The number of rotatable bonds is 4. The average molecular weight is 375 g/mol. The fraction of sp³-hybridized carbons (Fsp3) is 0.190. The number of carbonyl (C=O) groups is 1. The Morgan fingerprint density at radius 2 is 2.00 bits per heavy atom. The van der Waals surface area contributed by atoms with Gasteiger partial charge in [0.2, 0.25) is 5.95 Å². The van der Waals surface area contributed by atoms with Crippen molar-refractivity contribution in [1.29, 1.82) is 0 Å². The molecule has 3 aromatic rings. The van der Waals surface area contributed by atoms with Crippen molar-refractivity contribution in [3.8, 4) is 5.75 Å². The number of ether oxygens (including phenoxy) is 1. The monoisotopic (exact) mass is 375 g/mol. The van der Waals surface area contributed by atoms with Gasteiger partial charge in [-0.25, -0.2) is 4.68 Å². The normalized spacial score (nSPS) is 15.6. The Bertz CT molecular complexity index is 1070. The zero-order chi connectivity index (χ0) is 19.7. The van der Waals surface area contributed by atoms with Gasteiger partial charge in [0.05, 0.1) is 12.7 Å². The van der Waals surface area contributed by atoms with Crippen molar-refractivity contribution in [2.24, 2.45) is 0 Å². The molecule has 1 aliphatic rings. The summed E-state index contributed by atoms with van der Waals surface area (Å²) in [5.41, 5.74) is 3.98. The molecule has 0 fully saturated rings. The lowest BCUT2D eigenvalue weighted by atomic mass is 9.94. The molecule has 7 heteroatoms. The SMILES string of the molecule is COc1cccc(C2C(C(=O)Nc3ccccc3C)=C(C)Nc3ncnn32)c1. The number of hydrogen-bond acceptors (Lipinski definition) is 5. The molecule has 1 atom stereocenters. The first-order valence-electron chi connectivity index (χ1n) is 8.96. The Morgan fingerprint density at radius 3 is 2.79 bits per heavy atom. The van der Waals surface area contributed by atoms with Gasteiger partial charge in [-0.1, -0.05) is 30.3 Å². The van der Waals surface area contributed by atoms with E-state index in [0.29, 0.717) is 17.3 Å². The lowest BCUT2D eigenvalue weighted by Crippen LogP contribution is -2.31. The molecule has 1 unspecified atom stereocenters. The molecule has 1 amide bonds. The molecule has 2 N–H and O–H groups in total. The maximum absolute atomic E-state index is 13.3. The molecule has 0 aliphatic carbocycles. The van der Waals surface area contributed by atoms with E-state index in [2.05, 4.69) is 20.7 Å². The molecule has 142 valence electrons. The summed E-state index contributed by atoms with van der Waals surface area (Å²) in [5.74, 6) is 1.13. The van der Waals surface area contributed by atoms with Gasteiger partial charge in [-0.05, 0) is 43.2 Å². The third-order valence-electron chi connectivity index (χ3n) is 4.84. The number of benzene rings is 2. The van der Waals surface area contributed by atoms with E-state index >= 15 is 0 Å². The maximum Gasteiger partial charge on any atom is 0.255 e. The number of aryl methyl sites for hydroxylation is 1. The summed E-state index contributed by atoms with van der Waals surface area (Å²) in [6.07, 6.45) is 1.48. The highest BCUT2D eigenvalue weighted by molar-refractivity contribution is 6.06. The van der Waals surface area contributed by atoms with Crippen LogP contribution in [-0.2, 0) is 4.79 Å². The van der Waals surface area contributed by atoms with Crippen LogP contribution in [0.25, 0.3) is 0 Å². The van der Waals surface area contributed by atoms with E-state index in [-0.39, 0.29) is 5.91 Å². The number of carbonyl (C=O) groups excluding carboxylic acids is 1.